The average Bonchev–Trinajstić information content (AvgIpc) is 2.87. The zero-order valence-corrected chi connectivity index (χ0v) is 8.84. The molecule has 7 heteroatoms. The molecule has 0 aliphatic rings. The number of hydrogen-bond acceptors (Lipinski definition) is 4. The molecule has 0 saturated carbocycles. The minimum Gasteiger partial charge on any atom is -0.337 e. The van der Waals surface area contributed by atoms with Crippen molar-refractivity contribution in [2.45, 2.75) is 19.9 Å². The molecule has 0 radical (unpaired) electrons. The van der Waals surface area contributed by atoms with Gasteiger partial charge in [-0.05, 0) is 6.92 Å². The van der Waals surface area contributed by atoms with E-state index in [1.165, 1.54) is 0 Å². The number of nitrogens with one attached hydrogen (secondary N) is 2. The number of imidazole rings is 1. The Kier molecular flexibility index (Phi) is 2.95. The number of H-pyrrole nitrogens is 1. The summed E-state index contributed by atoms with van der Waals surface area (Å²) in [7, 11) is 0. The van der Waals surface area contributed by atoms with Crippen molar-refractivity contribution in [2.75, 3.05) is 5.32 Å². The van der Waals surface area contributed by atoms with Crippen molar-refractivity contribution < 1.29 is 4.79 Å². The third-order valence-corrected chi connectivity index (χ3v) is 2.00. The number of rotatable bonds is 4. The van der Waals surface area contributed by atoms with Gasteiger partial charge in [-0.15, -0.1) is 5.10 Å². The summed E-state index contributed by atoms with van der Waals surface area (Å²) in [4.78, 5) is 19.3. The second kappa shape index (κ2) is 4.56. The molecule has 2 heterocycles. The Labute approximate surface area is 91.9 Å². The first-order valence-electron chi connectivity index (χ1n) is 4.88. The maximum Gasteiger partial charge on any atom is 0.248 e. The molecule has 0 atom stereocenters. The van der Waals surface area contributed by atoms with E-state index in [4.69, 9.17) is 0 Å². The molecule has 0 bridgehead atoms. The normalized spacial score (nSPS) is 10.3. The van der Waals surface area contributed by atoms with Crippen LogP contribution in [-0.2, 0) is 11.3 Å². The van der Waals surface area contributed by atoms with E-state index in [0.29, 0.717) is 24.7 Å². The SMILES string of the molecule is Cc1nc(NC(=O)CCn2ccnc2)n[nH]1. The third-order valence-electron chi connectivity index (χ3n) is 2.00. The predicted octanol–water partition coefficient (Wildman–Crippen LogP) is 0.338. The van der Waals surface area contributed by atoms with Gasteiger partial charge in [-0.2, -0.15) is 4.98 Å². The first kappa shape index (κ1) is 10.3. The highest BCUT2D eigenvalue weighted by Crippen LogP contribution is 1.99. The Morgan fingerprint density at radius 2 is 2.50 bits per heavy atom. The number of carbonyl (C=O) groups excluding carboxylic acids is 1. The Balaban J connectivity index is 1.81. The molecule has 0 unspecified atom stereocenters. The predicted molar refractivity (Wildman–Crippen MR) is 56.6 cm³/mol. The highest BCUT2D eigenvalue weighted by molar-refractivity contribution is 5.88. The van der Waals surface area contributed by atoms with Gasteiger partial charge in [-0.25, -0.2) is 4.98 Å². The third kappa shape index (κ3) is 2.66. The van der Waals surface area contributed by atoms with Crippen LogP contribution in [-0.4, -0.2) is 30.6 Å². The van der Waals surface area contributed by atoms with E-state index in [9.17, 15) is 4.79 Å². The molecule has 7 nitrogen and oxygen atoms in total. The standard InChI is InChI=1S/C9H12N6O/c1-7-11-9(14-13-7)12-8(16)2-4-15-5-3-10-6-15/h3,5-6H,2,4H2,1H3,(H2,11,12,13,14,16). The number of aromatic nitrogens is 5. The number of aryl methyl sites for hydroxylation is 2. The Morgan fingerprint density at radius 1 is 1.62 bits per heavy atom. The quantitative estimate of drug-likeness (QED) is 0.777. The highest BCUT2D eigenvalue weighted by Gasteiger charge is 2.05. The lowest BCUT2D eigenvalue weighted by Gasteiger charge is -2.01. The van der Waals surface area contributed by atoms with Crippen LogP contribution in [0.25, 0.3) is 0 Å². The fraction of sp³-hybridized carbons (Fsp3) is 0.333. The van der Waals surface area contributed by atoms with E-state index >= 15 is 0 Å². The summed E-state index contributed by atoms with van der Waals surface area (Å²) in [5, 5.41) is 9.07. The van der Waals surface area contributed by atoms with Crippen molar-refractivity contribution in [3.63, 3.8) is 0 Å². The van der Waals surface area contributed by atoms with Crippen LogP contribution in [0.5, 0.6) is 0 Å². The van der Waals surface area contributed by atoms with Crippen molar-refractivity contribution in [1.82, 2.24) is 24.7 Å². The van der Waals surface area contributed by atoms with E-state index in [0.717, 1.165) is 0 Å². The summed E-state index contributed by atoms with van der Waals surface area (Å²) in [5.41, 5.74) is 0. The number of nitrogens with zero attached hydrogens (tertiary/aromatic N) is 4. The Morgan fingerprint density at radius 3 is 3.12 bits per heavy atom. The van der Waals surface area contributed by atoms with Gasteiger partial charge in [0.1, 0.15) is 5.82 Å². The number of aromatic amines is 1. The second-order valence-electron chi connectivity index (χ2n) is 3.34. The van der Waals surface area contributed by atoms with Crippen LogP contribution < -0.4 is 5.32 Å². The summed E-state index contributed by atoms with van der Waals surface area (Å²) in [6, 6.07) is 0. The number of anilines is 1. The molecular formula is C9H12N6O. The highest BCUT2D eigenvalue weighted by atomic mass is 16.1. The van der Waals surface area contributed by atoms with E-state index in [-0.39, 0.29) is 5.91 Å². The zero-order valence-electron chi connectivity index (χ0n) is 8.84. The lowest BCUT2D eigenvalue weighted by Crippen LogP contribution is -2.14. The first-order chi connectivity index (χ1) is 7.74. The molecule has 0 aliphatic heterocycles. The van der Waals surface area contributed by atoms with Crippen LogP contribution >= 0.6 is 0 Å². The van der Waals surface area contributed by atoms with Crippen molar-refractivity contribution in [2.24, 2.45) is 0 Å². The average molecular weight is 220 g/mol. The van der Waals surface area contributed by atoms with Gasteiger partial charge in [0, 0.05) is 25.4 Å². The molecule has 16 heavy (non-hydrogen) atoms. The minimum absolute atomic E-state index is 0.118. The number of carbonyl (C=O) groups is 1. The van der Waals surface area contributed by atoms with E-state index in [2.05, 4.69) is 25.5 Å². The van der Waals surface area contributed by atoms with E-state index in [1.54, 1.807) is 19.4 Å². The summed E-state index contributed by atoms with van der Waals surface area (Å²) < 4.78 is 1.84. The van der Waals surface area contributed by atoms with Gasteiger partial charge in [0.05, 0.1) is 6.33 Å². The lowest BCUT2D eigenvalue weighted by molar-refractivity contribution is -0.116. The molecule has 0 saturated heterocycles. The van der Waals surface area contributed by atoms with Crippen LogP contribution in [0.4, 0.5) is 5.95 Å². The Bertz CT molecular complexity index is 460. The smallest absolute Gasteiger partial charge is 0.248 e. The maximum absolute atomic E-state index is 11.5. The monoisotopic (exact) mass is 220 g/mol. The van der Waals surface area contributed by atoms with Gasteiger partial charge >= 0.3 is 0 Å². The van der Waals surface area contributed by atoms with Crippen molar-refractivity contribution in [3.8, 4) is 0 Å². The first-order valence-corrected chi connectivity index (χ1v) is 4.88. The molecule has 0 aliphatic carbocycles. The number of amides is 1. The zero-order chi connectivity index (χ0) is 11.4. The van der Waals surface area contributed by atoms with Crippen molar-refractivity contribution in [3.05, 3.63) is 24.5 Å². The van der Waals surface area contributed by atoms with Crippen LogP contribution in [0.3, 0.4) is 0 Å². The van der Waals surface area contributed by atoms with Gasteiger partial charge in [-0.1, -0.05) is 0 Å². The van der Waals surface area contributed by atoms with E-state index < -0.39 is 0 Å². The van der Waals surface area contributed by atoms with Gasteiger partial charge in [0.2, 0.25) is 11.9 Å². The van der Waals surface area contributed by atoms with Crippen LogP contribution in [0.15, 0.2) is 18.7 Å². The largest absolute Gasteiger partial charge is 0.337 e. The molecular weight excluding hydrogens is 208 g/mol. The Hall–Kier alpha value is -2.18. The second-order valence-corrected chi connectivity index (χ2v) is 3.34. The molecule has 84 valence electrons. The van der Waals surface area contributed by atoms with Crippen LogP contribution in [0.1, 0.15) is 12.2 Å². The van der Waals surface area contributed by atoms with Crippen molar-refractivity contribution >= 4 is 11.9 Å². The number of hydrogen-bond donors (Lipinski definition) is 2. The van der Waals surface area contributed by atoms with Gasteiger partial charge in [-0.3, -0.25) is 15.2 Å². The summed E-state index contributed by atoms with van der Waals surface area (Å²) in [6.45, 7) is 2.36. The summed E-state index contributed by atoms with van der Waals surface area (Å²) >= 11 is 0. The molecule has 2 N–H and O–H groups in total. The molecule has 2 aromatic rings. The summed E-state index contributed by atoms with van der Waals surface area (Å²) in [6.07, 6.45) is 5.52. The molecule has 2 aromatic heterocycles. The molecule has 2 rings (SSSR count). The lowest BCUT2D eigenvalue weighted by atomic mass is 10.4. The van der Waals surface area contributed by atoms with E-state index in [1.807, 2.05) is 10.8 Å². The van der Waals surface area contributed by atoms with Gasteiger partial charge in [0.15, 0.2) is 0 Å². The molecule has 1 amide bonds. The molecule has 0 aromatic carbocycles. The summed E-state index contributed by atoms with van der Waals surface area (Å²) in [5.74, 6) is 0.866. The molecule has 0 fully saturated rings. The molecule has 0 spiro atoms. The van der Waals surface area contributed by atoms with Crippen molar-refractivity contribution in [1.29, 1.82) is 0 Å². The van der Waals surface area contributed by atoms with Gasteiger partial charge in [0.25, 0.3) is 0 Å². The van der Waals surface area contributed by atoms with Crippen LogP contribution in [0, 0.1) is 6.92 Å². The maximum atomic E-state index is 11.5. The topological polar surface area (TPSA) is 88.5 Å². The van der Waals surface area contributed by atoms with Gasteiger partial charge < -0.3 is 4.57 Å². The fourth-order valence-electron chi connectivity index (χ4n) is 1.24. The fourth-order valence-corrected chi connectivity index (χ4v) is 1.24. The minimum atomic E-state index is -0.118. The van der Waals surface area contributed by atoms with Crippen LogP contribution in [0.2, 0.25) is 0 Å².